The Morgan fingerprint density at radius 3 is 2.32 bits per heavy atom. The number of primary amides is 1. The maximum absolute atomic E-state index is 11.8. The predicted molar refractivity (Wildman–Crippen MR) is 92.4 cm³/mol. The van der Waals surface area contributed by atoms with E-state index >= 15 is 0 Å². The van der Waals surface area contributed by atoms with E-state index in [-0.39, 0.29) is 37.4 Å². The molecule has 138 valence electrons. The van der Waals surface area contributed by atoms with Crippen molar-refractivity contribution in [2.45, 2.75) is 32.6 Å². The molecule has 1 aromatic rings. The first-order valence-electron chi connectivity index (χ1n) is 8.19. The van der Waals surface area contributed by atoms with Gasteiger partial charge in [0.2, 0.25) is 17.7 Å². The first-order chi connectivity index (χ1) is 12.0. The summed E-state index contributed by atoms with van der Waals surface area (Å²) in [5.74, 6) is -0.594. The van der Waals surface area contributed by atoms with Crippen LogP contribution in [-0.4, -0.2) is 37.5 Å². The Bertz CT molecular complexity index is 560. The van der Waals surface area contributed by atoms with Gasteiger partial charge in [-0.05, 0) is 24.1 Å². The molecule has 4 N–H and O–H groups in total. The summed E-state index contributed by atoms with van der Waals surface area (Å²) in [5.41, 5.74) is 6.74. The Hall–Kier alpha value is -2.45. The van der Waals surface area contributed by atoms with Crippen molar-refractivity contribution >= 4 is 23.4 Å². The molecule has 0 radical (unpaired) electrons. The highest BCUT2D eigenvalue weighted by Crippen LogP contribution is 2.11. The number of nitrogens with two attached hydrogens (primary N) is 1. The fourth-order valence-electron chi connectivity index (χ4n) is 1.86. The van der Waals surface area contributed by atoms with E-state index in [0.717, 1.165) is 5.56 Å². The Morgan fingerprint density at radius 1 is 1.00 bits per heavy atom. The SMILES string of the molecule is CCC(=O)NCCOOCCC(=O)Nc1ccc(CCC(N)=O)cc1. The van der Waals surface area contributed by atoms with Crippen molar-refractivity contribution in [3.05, 3.63) is 29.8 Å². The number of hydrogen-bond donors (Lipinski definition) is 3. The number of amides is 3. The van der Waals surface area contributed by atoms with Crippen LogP contribution in [0.4, 0.5) is 5.69 Å². The summed E-state index contributed by atoms with van der Waals surface area (Å²) >= 11 is 0. The van der Waals surface area contributed by atoms with Gasteiger partial charge in [0.15, 0.2) is 0 Å². The maximum atomic E-state index is 11.8. The zero-order chi connectivity index (χ0) is 18.5. The molecule has 0 spiro atoms. The van der Waals surface area contributed by atoms with Crippen molar-refractivity contribution in [3.8, 4) is 0 Å². The quantitative estimate of drug-likeness (QED) is 0.294. The number of carbonyl (C=O) groups excluding carboxylic acids is 3. The molecule has 0 unspecified atom stereocenters. The molecule has 0 heterocycles. The molecule has 1 aromatic carbocycles. The van der Waals surface area contributed by atoms with E-state index in [2.05, 4.69) is 10.6 Å². The third kappa shape index (κ3) is 10.1. The van der Waals surface area contributed by atoms with E-state index in [1.807, 2.05) is 12.1 Å². The molecule has 0 aliphatic rings. The molecule has 0 aromatic heterocycles. The van der Waals surface area contributed by atoms with Crippen molar-refractivity contribution < 1.29 is 24.2 Å². The highest BCUT2D eigenvalue weighted by molar-refractivity contribution is 5.90. The zero-order valence-electron chi connectivity index (χ0n) is 14.4. The minimum absolute atomic E-state index is 0.0522. The van der Waals surface area contributed by atoms with Gasteiger partial charge in [0.25, 0.3) is 0 Å². The van der Waals surface area contributed by atoms with Gasteiger partial charge in [-0.15, -0.1) is 0 Å². The molecule has 3 amide bonds. The first kappa shape index (κ1) is 20.6. The second-order valence-corrected chi connectivity index (χ2v) is 5.31. The van der Waals surface area contributed by atoms with Crippen LogP contribution in [-0.2, 0) is 30.6 Å². The van der Waals surface area contributed by atoms with Crippen molar-refractivity contribution in [1.29, 1.82) is 0 Å². The van der Waals surface area contributed by atoms with E-state index in [9.17, 15) is 14.4 Å². The Kier molecular flexibility index (Phi) is 9.88. The summed E-state index contributed by atoms with van der Waals surface area (Å²) in [6, 6.07) is 7.20. The second kappa shape index (κ2) is 12.0. The third-order valence-corrected chi connectivity index (χ3v) is 3.22. The summed E-state index contributed by atoms with van der Waals surface area (Å²) < 4.78 is 0. The van der Waals surface area contributed by atoms with Gasteiger partial charge < -0.3 is 16.4 Å². The molecular weight excluding hydrogens is 326 g/mol. The van der Waals surface area contributed by atoms with Crippen molar-refractivity contribution in [3.63, 3.8) is 0 Å². The van der Waals surface area contributed by atoms with Gasteiger partial charge in [-0.25, -0.2) is 9.78 Å². The smallest absolute Gasteiger partial charge is 0.226 e. The highest BCUT2D eigenvalue weighted by atomic mass is 17.2. The average molecular weight is 351 g/mol. The number of nitrogens with one attached hydrogen (secondary N) is 2. The molecule has 0 bridgehead atoms. The fraction of sp³-hybridized carbons (Fsp3) is 0.471. The summed E-state index contributed by atoms with van der Waals surface area (Å²) in [6.07, 6.45) is 1.44. The first-order valence-corrected chi connectivity index (χ1v) is 8.19. The average Bonchev–Trinajstić information content (AvgIpc) is 2.60. The van der Waals surface area contributed by atoms with Crippen LogP contribution < -0.4 is 16.4 Å². The Morgan fingerprint density at radius 2 is 1.68 bits per heavy atom. The lowest BCUT2D eigenvalue weighted by Crippen LogP contribution is -2.26. The summed E-state index contributed by atoms with van der Waals surface area (Å²) in [5, 5.41) is 5.37. The van der Waals surface area contributed by atoms with E-state index < -0.39 is 0 Å². The summed E-state index contributed by atoms with van der Waals surface area (Å²) in [6.45, 7) is 2.46. The van der Waals surface area contributed by atoms with Gasteiger partial charge in [0.05, 0.1) is 19.6 Å². The molecule has 1 rings (SSSR count). The van der Waals surface area contributed by atoms with Crippen LogP contribution in [0.2, 0.25) is 0 Å². The van der Waals surface area contributed by atoms with E-state index in [1.165, 1.54) is 0 Å². The van der Waals surface area contributed by atoms with Gasteiger partial charge in [0, 0.05) is 25.1 Å². The molecule has 0 saturated heterocycles. The van der Waals surface area contributed by atoms with E-state index in [0.29, 0.717) is 31.5 Å². The second-order valence-electron chi connectivity index (χ2n) is 5.31. The maximum Gasteiger partial charge on any atom is 0.226 e. The zero-order valence-corrected chi connectivity index (χ0v) is 14.4. The molecule has 0 saturated carbocycles. The van der Waals surface area contributed by atoms with Crippen LogP contribution in [0, 0.1) is 0 Å². The Labute approximate surface area is 147 Å². The van der Waals surface area contributed by atoms with Crippen molar-refractivity contribution in [2.75, 3.05) is 25.1 Å². The van der Waals surface area contributed by atoms with Crippen molar-refractivity contribution in [1.82, 2.24) is 5.32 Å². The predicted octanol–water partition coefficient (Wildman–Crippen LogP) is 0.908. The van der Waals surface area contributed by atoms with Gasteiger partial charge in [-0.3, -0.25) is 14.4 Å². The topological polar surface area (TPSA) is 120 Å². The third-order valence-electron chi connectivity index (χ3n) is 3.22. The molecular formula is C17H25N3O5. The van der Waals surface area contributed by atoms with Gasteiger partial charge in [-0.1, -0.05) is 19.1 Å². The standard InChI is InChI=1S/C17H25N3O5/c1-2-16(22)19-10-12-25-24-11-9-17(23)20-14-6-3-13(4-7-14)5-8-15(18)21/h3-4,6-7H,2,5,8-12H2,1H3,(H2,18,21)(H,19,22)(H,20,23). The van der Waals surface area contributed by atoms with Gasteiger partial charge in [0.1, 0.15) is 0 Å². The minimum Gasteiger partial charge on any atom is -0.370 e. The number of anilines is 1. The summed E-state index contributed by atoms with van der Waals surface area (Å²) in [7, 11) is 0. The van der Waals surface area contributed by atoms with Crippen LogP contribution in [0.1, 0.15) is 31.7 Å². The van der Waals surface area contributed by atoms with Crippen LogP contribution in [0.15, 0.2) is 24.3 Å². The van der Waals surface area contributed by atoms with Gasteiger partial charge >= 0.3 is 0 Å². The molecule has 8 heteroatoms. The van der Waals surface area contributed by atoms with E-state index in [4.69, 9.17) is 15.5 Å². The minimum atomic E-state index is -0.340. The van der Waals surface area contributed by atoms with E-state index in [1.54, 1.807) is 19.1 Å². The largest absolute Gasteiger partial charge is 0.370 e. The van der Waals surface area contributed by atoms with Crippen LogP contribution in [0.5, 0.6) is 0 Å². The van der Waals surface area contributed by atoms with Gasteiger partial charge in [-0.2, -0.15) is 0 Å². The normalized spacial score (nSPS) is 10.3. The lowest BCUT2D eigenvalue weighted by Gasteiger charge is -2.07. The lowest BCUT2D eigenvalue weighted by atomic mass is 10.1. The highest BCUT2D eigenvalue weighted by Gasteiger charge is 2.04. The number of aryl methyl sites for hydroxylation is 1. The Balaban J connectivity index is 2.13. The number of rotatable bonds is 12. The van der Waals surface area contributed by atoms with Crippen molar-refractivity contribution in [2.24, 2.45) is 5.73 Å². The molecule has 25 heavy (non-hydrogen) atoms. The lowest BCUT2D eigenvalue weighted by molar-refractivity contribution is -0.292. The van der Waals surface area contributed by atoms with Crippen LogP contribution in [0.25, 0.3) is 0 Å². The number of hydrogen-bond acceptors (Lipinski definition) is 5. The molecule has 0 atom stereocenters. The summed E-state index contributed by atoms with van der Waals surface area (Å²) in [4.78, 5) is 43.2. The van der Waals surface area contributed by atoms with Crippen LogP contribution >= 0.6 is 0 Å². The number of carbonyl (C=O) groups is 3. The molecule has 0 fully saturated rings. The molecule has 8 nitrogen and oxygen atoms in total. The monoisotopic (exact) mass is 351 g/mol. The fourth-order valence-corrected chi connectivity index (χ4v) is 1.86. The molecule has 0 aliphatic heterocycles. The van der Waals surface area contributed by atoms with Crippen LogP contribution in [0.3, 0.4) is 0 Å². The number of benzene rings is 1. The molecule has 0 aliphatic carbocycles.